The molecule has 0 atom stereocenters. The van der Waals surface area contributed by atoms with Crippen LogP contribution in [0.4, 0.5) is 0 Å². The summed E-state index contributed by atoms with van der Waals surface area (Å²) >= 11 is 0. The Morgan fingerprint density at radius 2 is 1.74 bits per heavy atom. The highest BCUT2D eigenvalue weighted by molar-refractivity contribution is 6.05. The molecular weight excluding hydrogens is 258 g/mol. The van der Waals surface area contributed by atoms with Gasteiger partial charge in [0, 0.05) is 17.7 Å². The molecule has 19 heavy (non-hydrogen) atoms. The van der Waals surface area contributed by atoms with Crippen molar-refractivity contribution in [3.63, 3.8) is 0 Å². The third kappa shape index (κ3) is 4.34. The Labute approximate surface area is 119 Å². The number of carbonyl (C=O) groups excluding carboxylic acids is 1. The standard InChI is InChI=1S/C16H16NO.ClH/c1-2-14-6-8-15(9-7-14)16(18)10-13-17-11-4-3-5-12-17;/h3-13H,2H2,1H3;1H/q+1;/p-1/b13-10+;. The van der Waals surface area contributed by atoms with Crippen LogP contribution < -0.4 is 17.0 Å². The fourth-order valence-electron chi connectivity index (χ4n) is 1.67. The number of aryl methyl sites for hydroxylation is 1. The zero-order chi connectivity index (χ0) is 12.8. The number of halogens is 1. The summed E-state index contributed by atoms with van der Waals surface area (Å²) in [5.41, 5.74) is 1.97. The van der Waals surface area contributed by atoms with Crippen LogP contribution in [-0.4, -0.2) is 5.78 Å². The van der Waals surface area contributed by atoms with Crippen LogP contribution in [0.2, 0.25) is 0 Å². The molecule has 0 N–H and O–H groups in total. The Morgan fingerprint density at radius 3 is 2.32 bits per heavy atom. The molecule has 0 bridgehead atoms. The Balaban J connectivity index is 0.00000180. The first-order valence-electron chi connectivity index (χ1n) is 6.07. The van der Waals surface area contributed by atoms with E-state index >= 15 is 0 Å². The topological polar surface area (TPSA) is 20.9 Å². The van der Waals surface area contributed by atoms with Crippen LogP contribution in [0, 0.1) is 0 Å². The van der Waals surface area contributed by atoms with Crippen molar-refractivity contribution in [3.05, 3.63) is 72.1 Å². The maximum Gasteiger partial charge on any atom is 0.191 e. The molecule has 0 saturated heterocycles. The molecular formula is C16H16ClNO. The van der Waals surface area contributed by atoms with E-state index in [2.05, 4.69) is 6.92 Å². The van der Waals surface area contributed by atoms with Gasteiger partial charge in [-0.15, -0.1) is 0 Å². The number of aromatic nitrogens is 1. The molecule has 98 valence electrons. The van der Waals surface area contributed by atoms with E-state index in [1.807, 2.05) is 59.4 Å². The van der Waals surface area contributed by atoms with E-state index in [0.29, 0.717) is 0 Å². The summed E-state index contributed by atoms with van der Waals surface area (Å²) in [6.45, 7) is 2.10. The molecule has 1 aromatic heterocycles. The van der Waals surface area contributed by atoms with Gasteiger partial charge in [0.15, 0.2) is 24.4 Å². The van der Waals surface area contributed by atoms with Crippen LogP contribution >= 0.6 is 0 Å². The molecule has 0 aliphatic rings. The molecule has 1 heterocycles. The van der Waals surface area contributed by atoms with Crippen LogP contribution in [0.1, 0.15) is 22.8 Å². The minimum atomic E-state index is 0. The number of ketones is 1. The summed E-state index contributed by atoms with van der Waals surface area (Å²) in [5.74, 6) is 0.0222. The van der Waals surface area contributed by atoms with Crippen molar-refractivity contribution in [3.8, 4) is 0 Å². The summed E-state index contributed by atoms with van der Waals surface area (Å²) < 4.78 is 1.85. The maximum atomic E-state index is 11.9. The smallest absolute Gasteiger partial charge is 0.191 e. The lowest BCUT2D eigenvalue weighted by molar-refractivity contribution is -0.568. The quantitative estimate of drug-likeness (QED) is 0.433. The van der Waals surface area contributed by atoms with Gasteiger partial charge < -0.3 is 12.4 Å². The van der Waals surface area contributed by atoms with Gasteiger partial charge in [0.05, 0.1) is 6.08 Å². The number of rotatable bonds is 4. The lowest BCUT2D eigenvalue weighted by atomic mass is 10.1. The van der Waals surface area contributed by atoms with Crippen molar-refractivity contribution in [1.82, 2.24) is 0 Å². The van der Waals surface area contributed by atoms with E-state index < -0.39 is 0 Å². The predicted octanol–water partition coefficient (Wildman–Crippen LogP) is -0.106. The Hall–Kier alpha value is -1.93. The molecule has 0 aliphatic carbocycles. The van der Waals surface area contributed by atoms with Crippen molar-refractivity contribution in [2.75, 3.05) is 0 Å². The second-order valence-electron chi connectivity index (χ2n) is 4.05. The van der Waals surface area contributed by atoms with Crippen LogP contribution in [0.25, 0.3) is 6.20 Å². The van der Waals surface area contributed by atoms with Gasteiger partial charge in [-0.1, -0.05) is 37.3 Å². The van der Waals surface area contributed by atoms with E-state index in [0.717, 1.165) is 12.0 Å². The minimum Gasteiger partial charge on any atom is -1.00 e. The number of allylic oxidation sites excluding steroid dienone is 1. The molecule has 0 fully saturated rings. The summed E-state index contributed by atoms with van der Waals surface area (Å²) in [6, 6.07) is 13.5. The molecule has 0 spiro atoms. The second-order valence-corrected chi connectivity index (χ2v) is 4.05. The minimum absolute atomic E-state index is 0. The highest BCUT2D eigenvalue weighted by Gasteiger charge is 2.02. The zero-order valence-electron chi connectivity index (χ0n) is 10.8. The second kappa shape index (κ2) is 7.49. The van der Waals surface area contributed by atoms with Crippen LogP contribution in [0.5, 0.6) is 0 Å². The lowest BCUT2D eigenvalue weighted by Crippen LogP contribution is -3.00. The molecule has 2 aromatic rings. The Kier molecular flexibility index (Phi) is 5.97. The Morgan fingerprint density at radius 1 is 1.11 bits per heavy atom. The van der Waals surface area contributed by atoms with Crippen LogP contribution in [0.15, 0.2) is 60.9 Å². The van der Waals surface area contributed by atoms with E-state index in [1.54, 1.807) is 12.3 Å². The average Bonchev–Trinajstić information content (AvgIpc) is 2.46. The first-order chi connectivity index (χ1) is 8.79. The zero-order valence-corrected chi connectivity index (χ0v) is 11.5. The number of carbonyl (C=O) groups is 1. The van der Waals surface area contributed by atoms with Crippen molar-refractivity contribution in [1.29, 1.82) is 0 Å². The lowest BCUT2D eigenvalue weighted by Gasteiger charge is -1.97. The molecule has 0 unspecified atom stereocenters. The van der Waals surface area contributed by atoms with E-state index in [1.165, 1.54) is 5.56 Å². The van der Waals surface area contributed by atoms with Gasteiger partial charge in [-0.3, -0.25) is 4.79 Å². The van der Waals surface area contributed by atoms with Crippen molar-refractivity contribution in [2.45, 2.75) is 13.3 Å². The Bertz CT molecular complexity index is 547. The highest BCUT2D eigenvalue weighted by Crippen LogP contribution is 2.06. The van der Waals surface area contributed by atoms with Gasteiger partial charge in [0.25, 0.3) is 0 Å². The molecule has 0 radical (unpaired) electrons. The monoisotopic (exact) mass is 273 g/mol. The first kappa shape index (κ1) is 15.1. The molecule has 3 heteroatoms. The van der Waals surface area contributed by atoms with Crippen LogP contribution in [-0.2, 0) is 6.42 Å². The molecule has 0 amide bonds. The van der Waals surface area contributed by atoms with Crippen molar-refractivity contribution < 1.29 is 21.8 Å². The summed E-state index contributed by atoms with van der Waals surface area (Å²) in [5, 5.41) is 0. The summed E-state index contributed by atoms with van der Waals surface area (Å²) in [7, 11) is 0. The predicted molar refractivity (Wildman–Crippen MR) is 72.1 cm³/mol. The normalized spacial score (nSPS) is 10.2. The fraction of sp³-hybridized carbons (Fsp3) is 0.125. The number of pyridine rings is 1. The fourth-order valence-corrected chi connectivity index (χ4v) is 1.67. The molecule has 0 aliphatic heterocycles. The molecule has 2 nitrogen and oxygen atoms in total. The van der Waals surface area contributed by atoms with E-state index in [-0.39, 0.29) is 18.2 Å². The third-order valence-electron chi connectivity index (χ3n) is 2.78. The van der Waals surface area contributed by atoms with Crippen LogP contribution in [0.3, 0.4) is 0 Å². The SMILES string of the molecule is CCc1ccc(C(=O)/C=C/[n+]2ccccc2)cc1.[Cl-]. The highest BCUT2D eigenvalue weighted by atomic mass is 35.5. The summed E-state index contributed by atoms with van der Waals surface area (Å²) in [4.78, 5) is 11.9. The first-order valence-corrected chi connectivity index (χ1v) is 6.07. The third-order valence-corrected chi connectivity index (χ3v) is 2.78. The number of hydrogen-bond acceptors (Lipinski definition) is 1. The molecule has 2 rings (SSSR count). The van der Waals surface area contributed by atoms with Gasteiger partial charge in [-0.05, 0) is 12.0 Å². The average molecular weight is 274 g/mol. The van der Waals surface area contributed by atoms with Gasteiger partial charge in [-0.2, -0.15) is 4.57 Å². The molecule has 0 saturated carbocycles. The van der Waals surface area contributed by atoms with Gasteiger partial charge in [0.1, 0.15) is 0 Å². The van der Waals surface area contributed by atoms with Gasteiger partial charge in [-0.25, -0.2) is 0 Å². The maximum absolute atomic E-state index is 11.9. The number of hydrogen-bond donors (Lipinski definition) is 0. The largest absolute Gasteiger partial charge is 1.00 e. The van der Waals surface area contributed by atoms with Crippen molar-refractivity contribution >= 4 is 12.0 Å². The molecule has 1 aromatic carbocycles. The van der Waals surface area contributed by atoms with Gasteiger partial charge in [0.2, 0.25) is 0 Å². The number of nitrogens with zero attached hydrogens (tertiary/aromatic N) is 1. The van der Waals surface area contributed by atoms with Gasteiger partial charge >= 0.3 is 0 Å². The van der Waals surface area contributed by atoms with Crippen molar-refractivity contribution in [2.24, 2.45) is 0 Å². The van der Waals surface area contributed by atoms with E-state index in [4.69, 9.17) is 0 Å². The van der Waals surface area contributed by atoms with E-state index in [9.17, 15) is 4.79 Å². The summed E-state index contributed by atoms with van der Waals surface area (Å²) in [6.07, 6.45) is 8.12. The number of benzene rings is 1.